The van der Waals surface area contributed by atoms with E-state index in [2.05, 4.69) is 20.8 Å². The van der Waals surface area contributed by atoms with Crippen LogP contribution in [0.15, 0.2) is 44.7 Å². The van der Waals surface area contributed by atoms with Gasteiger partial charge in [-0.05, 0) is 12.1 Å². The number of carbonyl (C=O) groups excluding carboxylic acids is 1. The number of rotatable bonds is 7. The number of carbonyl (C=O) groups is 1. The highest BCUT2D eigenvalue weighted by molar-refractivity contribution is 14.0. The first-order valence-corrected chi connectivity index (χ1v) is 10.7. The quantitative estimate of drug-likeness (QED) is 0.218. The molecular weight excluding hydrogens is 527 g/mol. The van der Waals surface area contributed by atoms with Crippen LogP contribution in [0, 0.1) is 0 Å². The van der Waals surface area contributed by atoms with Gasteiger partial charge in [-0.15, -0.1) is 24.0 Å². The van der Waals surface area contributed by atoms with Crippen molar-refractivity contribution in [3.63, 3.8) is 0 Å². The fourth-order valence-electron chi connectivity index (χ4n) is 2.95. The fraction of sp³-hybridized carbons (Fsp3) is 0.471. The predicted octanol–water partition coefficient (Wildman–Crippen LogP) is 0.338. The third-order valence-electron chi connectivity index (χ3n) is 4.40. The number of halogens is 1. The molecule has 1 aliphatic heterocycles. The third kappa shape index (κ3) is 6.43. The van der Waals surface area contributed by atoms with Crippen LogP contribution in [0.1, 0.15) is 16.2 Å². The lowest BCUT2D eigenvalue weighted by atomic mass is 10.4. The minimum absolute atomic E-state index is 0. The molecule has 3 heterocycles. The maximum absolute atomic E-state index is 12.5. The van der Waals surface area contributed by atoms with Crippen molar-refractivity contribution in [1.29, 1.82) is 0 Å². The first kappa shape index (κ1) is 24.1. The Morgan fingerprint density at radius 3 is 2.50 bits per heavy atom. The monoisotopic (exact) mass is 552 g/mol. The van der Waals surface area contributed by atoms with Gasteiger partial charge in [0.2, 0.25) is 10.0 Å². The minimum atomic E-state index is -3.45. The summed E-state index contributed by atoms with van der Waals surface area (Å²) in [5, 5.41) is 9.58. The van der Waals surface area contributed by atoms with Crippen LogP contribution in [0.5, 0.6) is 0 Å². The van der Waals surface area contributed by atoms with E-state index < -0.39 is 10.0 Å². The van der Waals surface area contributed by atoms with Crippen LogP contribution in [0.2, 0.25) is 0 Å². The van der Waals surface area contributed by atoms with Crippen molar-refractivity contribution < 1.29 is 22.2 Å². The molecule has 2 aromatic heterocycles. The van der Waals surface area contributed by atoms with Gasteiger partial charge in [-0.25, -0.2) is 8.42 Å². The van der Waals surface area contributed by atoms with Crippen molar-refractivity contribution in [3.8, 4) is 0 Å². The van der Waals surface area contributed by atoms with E-state index in [0.717, 1.165) is 0 Å². The van der Waals surface area contributed by atoms with Crippen molar-refractivity contribution in [2.24, 2.45) is 4.99 Å². The van der Waals surface area contributed by atoms with Crippen LogP contribution in [0.4, 0.5) is 0 Å². The number of piperazine rings is 1. The zero-order chi connectivity index (χ0) is 20.7. The molecule has 3 rings (SSSR count). The molecule has 1 amide bonds. The Balaban J connectivity index is 0.00000320. The summed E-state index contributed by atoms with van der Waals surface area (Å²) >= 11 is 0. The van der Waals surface area contributed by atoms with Gasteiger partial charge < -0.3 is 24.5 Å². The van der Waals surface area contributed by atoms with E-state index >= 15 is 0 Å². The summed E-state index contributed by atoms with van der Waals surface area (Å²) in [4.78, 5) is 18.0. The smallest absolute Gasteiger partial charge is 0.287 e. The number of guanidine groups is 1. The standard InChI is InChI=1S/C17H24N6O5S.HI/c1-18-17(20-6-5-19-16(24)15-3-2-11-27-15)22-7-9-23(10-8-22)29(25,26)13-14-4-12-28-21-14;/h2-4,11-12H,5-10,13H2,1H3,(H,18,20)(H,19,24);1H. The van der Waals surface area contributed by atoms with E-state index in [0.29, 0.717) is 50.9 Å². The number of hydrogen-bond donors (Lipinski definition) is 2. The maximum atomic E-state index is 12.5. The molecule has 13 heteroatoms. The number of nitrogens with zero attached hydrogens (tertiary/aromatic N) is 4. The van der Waals surface area contributed by atoms with Crippen molar-refractivity contribution >= 4 is 45.9 Å². The number of aromatic nitrogens is 1. The second-order valence-electron chi connectivity index (χ2n) is 6.34. The van der Waals surface area contributed by atoms with Gasteiger partial charge in [0.25, 0.3) is 5.91 Å². The lowest BCUT2D eigenvalue weighted by molar-refractivity contribution is 0.0926. The lowest BCUT2D eigenvalue weighted by Gasteiger charge is -2.35. The van der Waals surface area contributed by atoms with Gasteiger partial charge in [0, 0.05) is 52.4 Å². The maximum Gasteiger partial charge on any atom is 0.287 e. The van der Waals surface area contributed by atoms with Gasteiger partial charge in [-0.3, -0.25) is 9.79 Å². The molecule has 0 bridgehead atoms. The second kappa shape index (κ2) is 11.3. The highest BCUT2D eigenvalue weighted by Gasteiger charge is 2.28. The van der Waals surface area contributed by atoms with Crippen LogP contribution in [0.25, 0.3) is 0 Å². The molecule has 2 N–H and O–H groups in total. The van der Waals surface area contributed by atoms with Crippen molar-refractivity contribution in [3.05, 3.63) is 42.2 Å². The van der Waals surface area contributed by atoms with Crippen molar-refractivity contribution in [2.45, 2.75) is 5.75 Å². The van der Waals surface area contributed by atoms with E-state index in [4.69, 9.17) is 8.94 Å². The Kier molecular flexibility index (Phi) is 9.10. The molecule has 2 aromatic rings. The number of aliphatic imine (C=N–C) groups is 1. The summed E-state index contributed by atoms with van der Waals surface area (Å²) in [7, 11) is -1.78. The average molecular weight is 552 g/mol. The lowest BCUT2D eigenvalue weighted by Crippen LogP contribution is -2.54. The summed E-state index contributed by atoms with van der Waals surface area (Å²) in [6.45, 7) is 2.60. The van der Waals surface area contributed by atoms with Crippen molar-refractivity contribution in [1.82, 2.24) is 25.0 Å². The molecule has 0 spiro atoms. The van der Waals surface area contributed by atoms with Gasteiger partial charge in [0.05, 0.1) is 12.0 Å². The summed E-state index contributed by atoms with van der Waals surface area (Å²) < 4.78 is 36.2. The molecule has 11 nitrogen and oxygen atoms in total. The number of amides is 1. The zero-order valence-corrected chi connectivity index (χ0v) is 19.6. The molecule has 0 atom stereocenters. The van der Waals surface area contributed by atoms with E-state index in [9.17, 15) is 13.2 Å². The molecule has 30 heavy (non-hydrogen) atoms. The molecule has 0 aromatic carbocycles. The second-order valence-corrected chi connectivity index (χ2v) is 8.31. The summed E-state index contributed by atoms with van der Waals surface area (Å²) in [6, 6.07) is 4.79. The fourth-order valence-corrected chi connectivity index (χ4v) is 4.37. The van der Waals surface area contributed by atoms with Crippen LogP contribution in [-0.4, -0.2) is 81.0 Å². The van der Waals surface area contributed by atoms with Gasteiger partial charge in [-0.1, -0.05) is 5.16 Å². The number of nitrogens with one attached hydrogen (secondary N) is 2. The molecule has 1 saturated heterocycles. The summed E-state index contributed by atoms with van der Waals surface area (Å²) in [5.74, 6) is 0.465. The van der Waals surface area contributed by atoms with Gasteiger partial charge in [-0.2, -0.15) is 4.31 Å². The zero-order valence-electron chi connectivity index (χ0n) is 16.5. The molecule has 0 unspecified atom stereocenters. The molecule has 1 aliphatic rings. The minimum Gasteiger partial charge on any atom is -0.459 e. The first-order valence-electron chi connectivity index (χ1n) is 9.14. The van der Waals surface area contributed by atoms with Crippen LogP contribution < -0.4 is 10.6 Å². The normalized spacial score (nSPS) is 15.5. The Bertz CT molecular complexity index is 909. The van der Waals surface area contributed by atoms with E-state index in [1.165, 1.54) is 16.8 Å². The topological polar surface area (TPSA) is 133 Å². The van der Waals surface area contributed by atoms with Gasteiger partial charge in [0.1, 0.15) is 12.0 Å². The van der Waals surface area contributed by atoms with Gasteiger partial charge in [0.15, 0.2) is 11.7 Å². The highest BCUT2D eigenvalue weighted by Crippen LogP contribution is 2.12. The van der Waals surface area contributed by atoms with E-state index in [1.54, 1.807) is 25.2 Å². The van der Waals surface area contributed by atoms with E-state index in [-0.39, 0.29) is 41.4 Å². The predicted molar refractivity (Wildman–Crippen MR) is 120 cm³/mol. The molecule has 166 valence electrons. The third-order valence-corrected chi connectivity index (χ3v) is 6.22. The Morgan fingerprint density at radius 2 is 1.90 bits per heavy atom. The molecular formula is C17H25IN6O5S. The average Bonchev–Trinajstić information content (AvgIpc) is 3.42. The molecule has 0 saturated carbocycles. The highest BCUT2D eigenvalue weighted by atomic mass is 127. The number of hydrogen-bond acceptors (Lipinski definition) is 7. The van der Waals surface area contributed by atoms with Crippen LogP contribution >= 0.6 is 24.0 Å². The summed E-state index contributed by atoms with van der Waals surface area (Å²) in [6.07, 6.45) is 2.80. The van der Waals surface area contributed by atoms with Crippen molar-refractivity contribution in [2.75, 3.05) is 46.3 Å². The molecule has 1 fully saturated rings. The van der Waals surface area contributed by atoms with E-state index in [1.807, 2.05) is 4.90 Å². The number of furan rings is 1. The van der Waals surface area contributed by atoms with Gasteiger partial charge >= 0.3 is 0 Å². The Morgan fingerprint density at radius 1 is 1.17 bits per heavy atom. The first-order chi connectivity index (χ1) is 14.0. The number of sulfonamides is 1. The Labute approximate surface area is 191 Å². The van der Waals surface area contributed by atoms with Crippen LogP contribution in [-0.2, 0) is 15.8 Å². The largest absolute Gasteiger partial charge is 0.459 e. The molecule has 0 aliphatic carbocycles. The SMILES string of the molecule is CN=C(NCCNC(=O)c1ccco1)N1CCN(S(=O)(=O)Cc2ccon2)CC1.I. The summed E-state index contributed by atoms with van der Waals surface area (Å²) in [5.41, 5.74) is 0.390. The molecule has 0 radical (unpaired) electrons. The Hall–Kier alpha value is -2.13. The van der Waals surface area contributed by atoms with Crippen LogP contribution in [0.3, 0.4) is 0 Å².